The van der Waals surface area contributed by atoms with E-state index in [9.17, 15) is 0 Å². The van der Waals surface area contributed by atoms with Crippen molar-refractivity contribution in [1.29, 1.82) is 0 Å². The maximum atomic E-state index is 5.77. The van der Waals surface area contributed by atoms with Crippen molar-refractivity contribution in [1.82, 2.24) is 5.32 Å². The zero-order chi connectivity index (χ0) is 8.81. The highest BCUT2D eigenvalue weighted by atomic mass is 16.5. The SMILES string of the molecule is CNCCOC1CCCCC1C. The number of rotatable bonds is 4. The van der Waals surface area contributed by atoms with E-state index < -0.39 is 0 Å². The van der Waals surface area contributed by atoms with Crippen LogP contribution in [0.25, 0.3) is 0 Å². The summed E-state index contributed by atoms with van der Waals surface area (Å²) in [4.78, 5) is 0. The van der Waals surface area contributed by atoms with E-state index in [1.165, 1.54) is 25.7 Å². The van der Waals surface area contributed by atoms with Crippen LogP contribution in [0.15, 0.2) is 0 Å². The van der Waals surface area contributed by atoms with Crippen molar-refractivity contribution in [3.63, 3.8) is 0 Å². The van der Waals surface area contributed by atoms with Gasteiger partial charge in [0.2, 0.25) is 0 Å². The molecule has 0 amide bonds. The monoisotopic (exact) mass is 171 g/mol. The topological polar surface area (TPSA) is 21.3 Å². The number of ether oxygens (including phenoxy) is 1. The molecule has 1 N–H and O–H groups in total. The molecule has 0 spiro atoms. The van der Waals surface area contributed by atoms with Gasteiger partial charge in [-0.15, -0.1) is 0 Å². The first-order chi connectivity index (χ1) is 5.84. The molecule has 72 valence electrons. The molecule has 0 heterocycles. The van der Waals surface area contributed by atoms with Crippen molar-refractivity contribution < 1.29 is 4.74 Å². The molecule has 2 nitrogen and oxygen atoms in total. The van der Waals surface area contributed by atoms with Gasteiger partial charge in [0.05, 0.1) is 12.7 Å². The third-order valence-corrected chi connectivity index (χ3v) is 2.72. The van der Waals surface area contributed by atoms with E-state index in [0.29, 0.717) is 6.10 Å². The predicted molar refractivity (Wildman–Crippen MR) is 51.3 cm³/mol. The molecule has 0 aromatic rings. The Morgan fingerprint density at radius 1 is 1.33 bits per heavy atom. The second-order valence-corrected chi connectivity index (χ2v) is 3.77. The van der Waals surface area contributed by atoms with Gasteiger partial charge >= 0.3 is 0 Å². The Kier molecular flexibility index (Phi) is 4.62. The molecule has 2 atom stereocenters. The first kappa shape index (κ1) is 10.0. The molecule has 2 heteroatoms. The normalized spacial score (nSPS) is 30.5. The second-order valence-electron chi connectivity index (χ2n) is 3.77. The lowest BCUT2D eigenvalue weighted by molar-refractivity contribution is -0.00264. The summed E-state index contributed by atoms with van der Waals surface area (Å²) in [6.07, 6.45) is 5.91. The molecule has 12 heavy (non-hydrogen) atoms. The number of hydrogen-bond acceptors (Lipinski definition) is 2. The molecule has 1 fully saturated rings. The fourth-order valence-electron chi connectivity index (χ4n) is 1.84. The third kappa shape index (κ3) is 3.11. The number of likely N-dealkylation sites (N-methyl/N-ethyl adjacent to an activating group) is 1. The van der Waals surface area contributed by atoms with E-state index in [-0.39, 0.29) is 0 Å². The minimum absolute atomic E-state index is 0.534. The van der Waals surface area contributed by atoms with Gasteiger partial charge in [-0.25, -0.2) is 0 Å². The molecule has 0 bridgehead atoms. The lowest BCUT2D eigenvalue weighted by atomic mass is 9.88. The lowest BCUT2D eigenvalue weighted by Gasteiger charge is -2.28. The highest BCUT2D eigenvalue weighted by molar-refractivity contribution is 4.72. The van der Waals surface area contributed by atoms with Gasteiger partial charge in [-0.2, -0.15) is 0 Å². The first-order valence-corrected chi connectivity index (χ1v) is 5.11. The quantitative estimate of drug-likeness (QED) is 0.651. The van der Waals surface area contributed by atoms with Gasteiger partial charge in [-0.05, 0) is 25.8 Å². The molecule has 1 aliphatic rings. The molecular weight excluding hydrogens is 150 g/mol. The molecule has 1 saturated carbocycles. The van der Waals surface area contributed by atoms with Crippen molar-refractivity contribution in [2.24, 2.45) is 5.92 Å². The Hall–Kier alpha value is -0.0800. The van der Waals surface area contributed by atoms with E-state index in [4.69, 9.17) is 4.74 Å². The minimum Gasteiger partial charge on any atom is -0.377 e. The maximum absolute atomic E-state index is 5.77. The maximum Gasteiger partial charge on any atom is 0.0601 e. The highest BCUT2D eigenvalue weighted by Gasteiger charge is 2.21. The summed E-state index contributed by atoms with van der Waals surface area (Å²) in [5, 5.41) is 3.10. The van der Waals surface area contributed by atoms with Crippen molar-refractivity contribution in [3.8, 4) is 0 Å². The molecule has 1 rings (SSSR count). The molecule has 0 saturated heterocycles. The Morgan fingerprint density at radius 3 is 2.75 bits per heavy atom. The van der Waals surface area contributed by atoms with Gasteiger partial charge in [-0.3, -0.25) is 0 Å². The van der Waals surface area contributed by atoms with E-state index in [1.807, 2.05) is 7.05 Å². The predicted octanol–water partition coefficient (Wildman–Crippen LogP) is 1.80. The molecule has 0 aliphatic heterocycles. The number of nitrogens with one attached hydrogen (secondary N) is 1. The van der Waals surface area contributed by atoms with Crippen LogP contribution >= 0.6 is 0 Å². The summed E-state index contributed by atoms with van der Waals surface area (Å²) in [7, 11) is 1.97. The van der Waals surface area contributed by atoms with Crippen LogP contribution in [0.4, 0.5) is 0 Å². The Labute approximate surface area is 75.7 Å². The number of hydrogen-bond donors (Lipinski definition) is 1. The fourth-order valence-corrected chi connectivity index (χ4v) is 1.84. The van der Waals surface area contributed by atoms with Gasteiger partial charge in [-0.1, -0.05) is 19.8 Å². The Bertz CT molecular complexity index is 116. The lowest BCUT2D eigenvalue weighted by Crippen LogP contribution is -2.28. The van der Waals surface area contributed by atoms with E-state index in [0.717, 1.165) is 19.1 Å². The van der Waals surface area contributed by atoms with Gasteiger partial charge in [0.1, 0.15) is 0 Å². The first-order valence-electron chi connectivity index (χ1n) is 5.11. The molecule has 1 aliphatic carbocycles. The molecule has 0 aromatic heterocycles. The van der Waals surface area contributed by atoms with Gasteiger partial charge in [0.15, 0.2) is 0 Å². The van der Waals surface area contributed by atoms with Gasteiger partial charge in [0.25, 0.3) is 0 Å². The average Bonchev–Trinajstić information content (AvgIpc) is 2.09. The summed E-state index contributed by atoms with van der Waals surface area (Å²) in [5.74, 6) is 0.774. The Balaban J connectivity index is 2.11. The zero-order valence-electron chi connectivity index (χ0n) is 8.31. The fraction of sp³-hybridized carbons (Fsp3) is 1.00. The largest absolute Gasteiger partial charge is 0.377 e. The van der Waals surface area contributed by atoms with E-state index in [2.05, 4.69) is 12.2 Å². The average molecular weight is 171 g/mol. The second kappa shape index (κ2) is 5.55. The van der Waals surface area contributed by atoms with Crippen LogP contribution in [0.5, 0.6) is 0 Å². The van der Waals surface area contributed by atoms with Crippen LogP contribution in [0.3, 0.4) is 0 Å². The van der Waals surface area contributed by atoms with E-state index >= 15 is 0 Å². The van der Waals surface area contributed by atoms with Crippen LogP contribution < -0.4 is 5.32 Å². The van der Waals surface area contributed by atoms with Crippen LogP contribution in [0.1, 0.15) is 32.6 Å². The van der Waals surface area contributed by atoms with Crippen LogP contribution in [-0.4, -0.2) is 26.3 Å². The zero-order valence-corrected chi connectivity index (χ0v) is 8.31. The molecule has 0 radical (unpaired) electrons. The van der Waals surface area contributed by atoms with Crippen LogP contribution in [0.2, 0.25) is 0 Å². The van der Waals surface area contributed by atoms with Crippen molar-refractivity contribution >= 4 is 0 Å². The van der Waals surface area contributed by atoms with Gasteiger partial charge < -0.3 is 10.1 Å². The van der Waals surface area contributed by atoms with Crippen LogP contribution in [-0.2, 0) is 4.74 Å². The Morgan fingerprint density at radius 2 is 2.08 bits per heavy atom. The summed E-state index contributed by atoms with van der Waals surface area (Å²) in [6.45, 7) is 4.15. The summed E-state index contributed by atoms with van der Waals surface area (Å²) in [6, 6.07) is 0. The standard InChI is InChI=1S/C10H21NO/c1-9-5-3-4-6-10(9)12-8-7-11-2/h9-11H,3-8H2,1-2H3. The smallest absolute Gasteiger partial charge is 0.0601 e. The molecular formula is C10H21NO. The van der Waals surface area contributed by atoms with Gasteiger partial charge in [0, 0.05) is 6.54 Å². The highest BCUT2D eigenvalue weighted by Crippen LogP contribution is 2.25. The summed E-state index contributed by atoms with van der Waals surface area (Å²) < 4.78 is 5.77. The van der Waals surface area contributed by atoms with Crippen molar-refractivity contribution in [2.75, 3.05) is 20.2 Å². The van der Waals surface area contributed by atoms with Crippen molar-refractivity contribution in [3.05, 3.63) is 0 Å². The minimum atomic E-state index is 0.534. The van der Waals surface area contributed by atoms with Crippen molar-refractivity contribution in [2.45, 2.75) is 38.7 Å². The third-order valence-electron chi connectivity index (χ3n) is 2.72. The molecule has 2 unspecified atom stereocenters. The summed E-state index contributed by atoms with van der Waals surface area (Å²) >= 11 is 0. The molecule has 0 aromatic carbocycles. The van der Waals surface area contributed by atoms with E-state index in [1.54, 1.807) is 0 Å². The summed E-state index contributed by atoms with van der Waals surface area (Å²) in [5.41, 5.74) is 0. The van der Waals surface area contributed by atoms with Crippen LogP contribution in [0, 0.1) is 5.92 Å².